The third kappa shape index (κ3) is 4.56. The van der Waals surface area contributed by atoms with E-state index in [2.05, 4.69) is 15.5 Å². The number of aryl methyl sites for hydroxylation is 1. The molecule has 1 N–H and O–H groups in total. The Bertz CT molecular complexity index is 1040. The molecule has 0 fully saturated rings. The van der Waals surface area contributed by atoms with Crippen molar-refractivity contribution < 1.29 is 4.79 Å². The van der Waals surface area contributed by atoms with Gasteiger partial charge in [0.2, 0.25) is 5.91 Å². The van der Waals surface area contributed by atoms with E-state index in [9.17, 15) is 4.79 Å². The fourth-order valence-corrected chi connectivity index (χ4v) is 3.86. The molecule has 1 atom stereocenters. The molecule has 1 unspecified atom stereocenters. The molecular weight excluding hydrogens is 456 g/mol. The van der Waals surface area contributed by atoms with Crippen molar-refractivity contribution >= 4 is 58.1 Å². The summed E-state index contributed by atoms with van der Waals surface area (Å²) < 4.78 is 3.20. The minimum absolute atomic E-state index is 0.255. The van der Waals surface area contributed by atoms with E-state index in [1.54, 1.807) is 40.7 Å². The van der Waals surface area contributed by atoms with Crippen LogP contribution in [0.3, 0.4) is 0 Å². The Labute approximate surface area is 188 Å². The quantitative estimate of drug-likeness (QED) is 0.480. The molecule has 10 heteroatoms. The van der Waals surface area contributed by atoms with Crippen molar-refractivity contribution in [3.63, 3.8) is 0 Å². The monoisotopic (exact) mass is 473 g/mol. The predicted octanol–water partition coefficient (Wildman–Crippen LogP) is 5.95. The van der Waals surface area contributed by atoms with Gasteiger partial charge in [-0.2, -0.15) is 10.2 Å². The smallest absolute Gasteiger partial charge is 0.250 e. The third-order valence-electron chi connectivity index (χ3n) is 4.56. The van der Waals surface area contributed by atoms with Crippen LogP contribution in [0.4, 0.5) is 5.82 Å². The van der Waals surface area contributed by atoms with Gasteiger partial charge in [0.15, 0.2) is 5.82 Å². The molecule has 154 valence electrons. The van der Waals surface area contributed by atoms with Gasteiger partial charge in [-0.15, -0.1) is 0 Å². The fraction of sp³-hybridized carbons (Fsp3) is 0.316. The van der Waals surface area contributed by atoms with Gasteiger partial charge in [0.25, 0.3) is 0 Å². The zero-order valence-electron chi connectivity index (χ0n) is 16.0. The number of nitrogens with zero attached hydrogens (tertiary/aromatic N) is 4. The van der Waals surface area contributed by atoms with Crippen molar-refractivity contribution in [1.29, 1.82) is 0 Å². The summed E-state index contributed by atoms with van der Waals surface area (Å²) in [6.45, 7) is 5.84. The van der Waals surface area contributed by atoms with Crippen LogP contribution in [0.25, 0.3) is 0 Å². The summed E-state index contributed by atoms with van der Waals surface area (Å²) in [4.78, 5) is 12.9. The van der Waals surface area contributed by atoms with Crippen molar-refractivity contribution in [3.05, 3.63) is 61.4 Å². The number of hydrogen-bond donors (Lipinski definition) is 1. The van der Waals surface area contributed by atoms with Gasteiger partial charge in [-0.25, -0.2) is 0 Å². The maximum absolute atomic E-state index is 12.9. The molecule has 0 spiro atoms. The standard InChI is InChI=1S/C19H19Cl4N5O/c1-4-16(28-11(3)17(23)10(2)25-28)19(29)24-18-15(22)9-27(26-18)8-12-13(20)6-5-7-14(12)21/h5-7,9,16H,4,8H2,1-3H3,(H,24,26,29). The molecule has 0 bridgehead atoms. The Balaban J connectivity index is 1.81. The highest BCUT2D eigenvalue weighted by atomic mass is 35.5. The van der Waals surface area contributed by atoms with E-state index < -0.39 is 6.04 Å². The number of hydrogen-bond acceptors (Lipinski definition) is 3. The van der Waals surface area contributed by atoms with E-state index in [1.165, 1.54) is 0 Å². The van der Waals surface area contributed by atoms with E-state index in [-0.39, 0.29) is 11.7 Å². The summed E-state index contributed by atoms with van der Waals surface area (Å²) in [7, 11) is 0. The SMILES string of the molecule is CCC(C(=O)Nc1nn(Cc2c(Cl)cccc2Cl)cc1Cl)n1nc(C)c(Cl)c1C. The summed E-state index contributed by atoms with van der Waals surface area (Å²) in [5.74, 6) is -0.0244. The van der Waals surface area contributed by atoms with Gasteiger partial charge in [0.1, 0.15) is 11.1 Å². The Morgan fingerprint density at radius 3 is 2.31 bits per heavy atom. The summed E-state index contributed by atoms with van der Waals surface area (Å²) in [5, 5.41) is 13.4. The first-order valence-electron chi connectivity index (χ1n) is 8.90. The van der Waals surface area contributed by atoms with Crippen molar-refractivity contribution in [3.8, 4) is 0 Å². The molecular formula is C19H19Cl4N5O. The number of nitrogens with one attached hydrogen (secondary N) is 1. The normalized spacial score (nSPS) is 12.2. The summed E-state index contributed by atoms with van der Waals surface area (Å²) >= 11 is 24.9. The second kappa shape index (κ2) is 8.96. The lowest BCUT2D eigenvalue weighted by Gasteiger charge is -2.16. The molecule has 0 radical (unpaired) electrons. The number of carbonyl (C=O) groups excluding carboxylic acids is 1. The molecule has 0 saturated heterocycles. The molecule has 6 nitrogen and oxygen atoms in total. The van der Waals surface area contributed by atoms with Crippen LogP contribution in [0.5, 0.6) is 0 Å². The second-order valence-corrected chi connectivity index (χ2v) is 8.17. The molecule has 0 aliphatic rings. The van der Waals surface area contributed by atoms with Crippen LogP contribution in [0.1, 0.15) is 36.3 Å². The first-order chi connectivity index (χ1) is 13.7. The zero-order chi connectivity index (χ0) is 21.3. The maximum Gasteiger partial charge on any atom is 0.250 e. The van der Waals surface area contributed by atoms with E-state index in [4.69, 9.17) is 46.4 Å². The molecule has 1 aromatic carbocycles. The number of halogens is 4. The number of carbonyl (C=O) groups is 1. The molecule has 3 rings (SSSR count). The van der Waals surface area contributed by atoms with Crippen molar-refractivity contribution in [2.45, 2.75) is 39.8 Å². The van der Waals surface area contributed by atoms with Gasteiger partial charge in [0.05, 0.1) is 23.0 Å². The summed E-state index contributed by atoms with van der Waals surface area (Å²) in [6.07, 6.45) is 2.13. The minimum atomic E-state index is -0.541. The number of amides is 1. The van der Waals surface area contributed by atoms with Gasteiger partial charge < -0.3 is 5.32 Å². The second-order valence-electron chi connectivity index (χ2n) is 6.57. The Kier molecular flexibility index (Phi) is 6.79. The lowest BCUT2D eigenvalue weighted by Crippen LogP contribution is -2.27. The lowest BCUT2D eigenvalue weighted by molar-refractivity contribution is -0.119. The molecule has 0 aliphatic carbocycles. The third-order valence-corrected chi connectivity index (χ3v) is 6.09. The Morgan fingerprint density at radius 2 is 1.76 bits per heavy atom. The van der Waals surface area contributed by atoms with Crippen molar-refractivity contribution in [2.24, 2.45) is 0 Å². The van der Waals surface area contributed by atoms with Crippen molar-refractivity contribution in [1.82, 2.24) is 19.6 Å². The van der Waals surface area contributed by atoms with E-state index in [0.29, 0.717) is 38.8 Å². The van der Waals surface area contributed by atoms with Gasteiger partial charge >= 0.3 is 0 Å². The molecule has 3 aromatic rings. The topological polar surface area (TPSA) is 64.7 Å². The average Bonchev–Trinajstić information content (AvgIpc) is 3.13. The summed E-state index contributed by atoms with van der Waals surface area (Å²) in [5.41, 5.74) is 2.13. The Hall–Kier alpha value is -1.73. The van der Waals surface area contributed by atoms with E-state index >= 15 is 0 Å². The van der Waals surface area contributed by atoms with Crippen LogP contribution in [-0.2, 0) is 11.3 Å². The maximum atomic E-state index is 12.9. The summed E-state index contributed by atoms with van der Waals surface area (Å²) in [6, 6.07) is 4.73. The molecule has 1 amide bonds. The van der Waals surface area contributed by atoms with E-state index in [1.807, 2.05) is 13.8 Å². The van der Waals surface area contributed by atoms with Crippen LogP contribution in [-0.4, -0.2) is 25.5 Å². The molecule has 29 heavy (non-hydrogen) atoms. The number of benzene rings is 1. The van der Waals surface area contributed by atoms with Gasteiger partial charge in [-0.05, 0) is 32.4 Å². The number of rotatable bonds is 6. The molecule has 2 heterocycles. The van der Waals surface area contributed by atoms with Gasteiger partial charge in [-0.3, -0.25) is 14.2 Å². The van der Waals surface area contributed by atoms with Crippen molar-refractivity contribution in [2.75, 3.05) is 5.32 Å². The fourth-order valence-electron chi connectivity index (χ4n) is 3.02. The molecule has 0 aliphatic heterocycles. The Morgan fingerprint density at radius 1 is 1.10 bits per heavy atom. The average molecular weight is 475 g/mol. The van der Waals surface area contributed by atoms with Crippen LogP contribution < -0.4 is 5.32 Å². The minimum Gasteiger partial charge on any atom is -0.306 e. The first kappa shape index (κ1) is 22.0. The molecule has 0 saturated carbocycles. The highest BCUT2D eigenvalue weighted by Gasteiger charge is 2.25. The first-order valence-corrected chi connectivity index (χ1v) is 10.4. The zero-order valence-corrected chi connectivity index (χ0v) is 19.0. The highest BCUT2D eigenvalue weighted by Crippen LogP contribution is 2.28. The van der Waals surface area contributed by atoms with Gasteiger partial charge in [-0.1, -0.05) is 59.4 Å². The van der Waals surface area contributed by atoms with E-state index in [0.717, 1.165) is 11.3 Å². The lowest BCUT2D eigenvalue weighted by atomic mass is 10.2. The van der Waals surface area contributed by atoms with Crippen LogP contribution in [0.15, 0.2) is 24.4 Å². The predicted molar refractivity (Wildman–Crippen MR) is 117 cm³/mol. The number of anilines is 1. The van der Waals surface area contributed by atoms with Crippen LogP contribution >= 0.6 is 46.4 Å². The number of aromatic nitrogens is 4. The largest absolute Gasteiger partial charge is 0.306 e. The van der Waals surface area contributed by atoms with Crippen LogP contribution in [0.2, 0.25) is 20.1 Å². The van der Waals surface area contributed by atoms with Gasteiger partial charge in [0, 0.05) is 21.8 Å². The molecule has 2 aromatic heterocycles. The van der Waals surface area contributed by atoms with Crippen LogP contribution in [0, 0.1) is 13.8 Å². The highest BCUT2D eigenvalue weighted by molar-refractivity contribution is 6.36.